The quantitative estimate of drug-likeness (QED) is 0.229. The van der Waals surface area contributed by atoms with E-state index in [9.17, 15) is 18.4 Å². The summed E-state index contributed by atoms with van der Waals surface area (Å²) < 4.78 is 35.3. The number of hydrogen-bond acceptors (Lipinski definition) is 7. The maximum atomic E-state index is 13.7. The second-order valence-corrected chi connectivity index (χ2v) is 9.64. The number of fused-ring (bicyclic) bond motifs is 1. The van der Waals surface area contributed by atoms with Gasteiger partial charge in [0.15, 0.2) is 10.9 Å². The van der Waals surface area contributed by atoms with Crippen molar-refractivity contribution >= 4 is 40.0 Å². The van der Waals surface area contributed by atoms with Gasteiger partial charge in [0, 0.05) is 47.5 Å². The minimum absolute atomic E-state index is 0.148. The van der Waals surface area contributed by atoms with Crippen LogP contribution >= 0.6 is 23.2 Å². The molecule has 0 saturated heterocycles. The van der Waals surface area contributed by atoms with Crippen LogP contribution in [0, 0.1) is 0 Å². The number of hydrogen-bond donors (Lipinski definition) is 0. The molecule has 3 aromatic heterocycles. The Morgan fingerprint density at radius 3 is 2.48 bits per heavy atom. The molecule has 0 unspecified atom stereocenters. The molecule has 0 fully saturated rings. The molecule has 0 aliphatic carbocycles. The van der Waals surface area contributed by atoms with Crippen molar-refractivity contribution in [2.45, 2.75) is 25.3 Å². The van der Waals surface area contributed by atoms with E-state index in [1.54, 1.807) is 42.6 Å². The van der Waals surface area contributed by atoms with Gasteiger partial charge in [-0.05, 0) is 35.9 Å². The van der Waals surface area contributed by atoms with Gasteiger partial charge in [-0.25, -0.2) is 13.5 Å². The molecule has 0 spiro atoms. The lowest BCUT2D eigenvalue weighted by molar-refractivity contribution is -0.122. The average Bonchev–Trinajstić information content (AvgIpc) is 3.37. The molecule has 13 heteroatoms. The van der Waals surface area contributed by atoms with Crippen molar-refractivity contribution in [3.8, 4) is 22.6 Å². The van der Waals surface area contributed by atoms with E-state index in [4.69, 9.17) is 27.9 Å². The highest BCUT2D eigenvalue weighted by Gasteiger charge is 2.27. The number of alkyl halides is 2. The van der Waals surface area contributed by atoms with Crippen LogP contribution in [-0.2, 0) is 11.2 Å². The number of Topliss-reactive ketones (excluding diaryl/α,β-unsaturated/α-hetero) is 1. The number of aromatic nitrogens is 6. The van der Waals surface area contributed by atoms with Crippen LogP contribution in [0.4, 0.5) is 8.78 Å². The van der Waals surface area contributed by atoms with Crippen molar-refractivity contribution in [1.82, 2.24) is 29.5 Å². The number of halogens is 4. The molecule has 0 saturated carbocycles. The monoisotopic (exact) mass is 584 g/mol. The Balaban J connectivity index is 1.56. The number of pyridine rings is 1. The zero-order valence-electron chi connectivity index (χ0n) is 20.8. The lowest BCUT2D eigenvalue weighted by atomic mass is 9.99. The minimum atomic E-state index is -2.84. The number of carbonyl (C=O) groups is 1. The molecule has 0 radical (unpaired) electrons. The second kappa shape index (κ2) is 11.5. The first kappa shape index (κ1) is 27.4. The average molecular weight is 585 g/mol. The van der Waals surface area contributed by atoms with Crippen LogP contribution < -0.4 is 10.3 Å². The predicted molar refractivity (Wildman–Crippen MR) is 146 cm³/mol. The molecule has 3 heterocycles. The number of methoxy groups -OCH3 is 1. The van der Waals surface area contributed by atoms with E-state index < -0.39 is 30.2 Å². The first-order valence-electron chi connectivity index (χ1n) is 11.9. The predicted octanol–water partition coefficient (Wildman–Crippen LogP) is 5.36. The summed E-state index contributed by atoms with van der Waals surface area (Å²) in [5.41, 5.74) is 2.32. The number of nitrogens with zero attached hydrogens (tertiary/aromatic N) is 6. The maximum absolute atomic E-state index is 13.7. The standard InChI is InChI=1S/C27H20Cl2F2N6O3/c1-40-24-13-36(22(12-26(30)31)23(38)9-15-2-4-19-20(8-15)33-7-6-32-19)27(39)11-18(24)17-10-16(28)3-5-21(17)37-14-25(29)34-35-37/h2-8,10-11,13-14,22,26H,9,12H2,1H3/t22-/m0/s1. The lowest BCUT2D eigenvalue weighted by Crippen LogP contribution is -2.32. The van der Waals surface area contributed by atoms with Crippen molar-refractivity contribution < 1.29 is 18.3 Å². The molecule has 0 bridgehead atoms. The van der Waals surface area contributed by atoms with E-state index in [0.29, 0.717) is 38.4 Å². The van der Waals surface area contributed by atoms with Gasteiger partial charge in [0.05, 0.1) is 36.2 Å². The fourth-order valence-corrected chi connectivity index (χ4v) is 4.74. The third-order valence-corrected chi connectivity index (χ3v) is 6.65. The van der Waals surface area contributed by atoms with Crippen LogP contribution in [0.2, 0.25) is 10.2 Å². The van der Waals surface area contributed by atoms with E-state index in [2.05, 4.69) is 20.3 Å². The largest absolute Gasteiger partial charge is 0.495 e. The van der Waals surface area contributed by atoms with Gasteiger partial charge in [0.2, 0.25) is 6.43 Å². The highest BCUT2D eigenvalue weighted by atomic mass is 35.5. The number of ether oxygens (including phenoxy) is 1. The van der Waals surface area contributed by atoms with Crippen LogP contribution in [0.1, 0.15) is 18.0 Å². The topological polar surface area (TPSA) is 105 Å². The molecule has 9 nitrogen and oxygen atoms in total. The van der Waals surface area contributed by atoms with Crippen molar-refractivity contribution in [2.24, 2.45) is 0 Å². The van der Waals surface area contributed by atoms with Crippen LogP contribution in [0.5, 0.6) is 5.75 Å². The Morgan fingerprint density at radius 1 is 1.00 bits per heavy atom. The van der Waals surface area contributed by atoms with Crippen LogP contribution in [0.25, 0.3) is 27.8 Å². The van der Waals surface area contributed by atoms with E-state index in [1.165, 1.54) is 36.4 Å². The number of rotatable bonds is 9. The molecule has 5 rings (SSSR count). The Morgan fingerprint density at radius 2 is 1.77 bits per heavy atom. The van der Waals surface area contributed by atoms with Crippen molar-refractivity contribution in [3.63, 3.8) is 0 Å². The fraction of sp³-hybridized carbons (Fsp3) is 0.185. The van der Waals surface area contributed by atoms with E-state index in [1.807, 2.05) is 0 Å². The number of ketones is 1. The van der Waals surface area contributed by atoms with Gasteiger partial charge in [-0.3, -0.25) is 19.6 Å². The third-order valence-electron chi connectivity index (χ3n) is 6.25. The molecule has 40 heavy (non-hydrogen) atoms. The van der Waals surface area contributed by atoms with Crippen molar-refractivity contribution in [2.75, 3.05) is 7.11 Å². The highest BCUT2D eigenvalue weighted by molar-refractivity contribution is 6.31. The lowest BCUT2D eigenvalue weighted by Gasteiger charge is -2.21. The van der Waals surface area contributed by atoms with Gasteiger partial charge in [-0.1, -0.05) is 34.5 Å². The van der Waals surface area contributed by atoms with E-state index >= 15 is 0 Å². The minimum Gasteiger partial charge on any atom is -0.495 e. The van der Waals surface area contributed by atoms with Crippen LogP contribution in [0.3, 0.4) is 0 Å². The number of carbonyl (C=O) groups excluding carboxylic acids is 1. The van der Waals surface area contributed by atoms with Gasteiger partial charge in [0.25, 0.3) is 5.56 Å². The zero-order chi connectivity index (χ0) is 28.4. The van der Waals surface area contributed by atoms with Crippen molar-refractivity contribution in [3.05, 3.63) is 93.3 Å². The molecule has 0 amide bonds. The van der Waals surface area contributed by atoms with Crippen molar-refractivity contribution in [1.29, 1.82) is 0 Å². The highest BCUT2D eigenvalue weighted by Crippen LogP contribution is 2.36. The maximum Gasteiger partial charge on any atom is 0.252 e. The molecule has 5 aromatic rings. The Labute approximate surface area is 236 Å². The molecular weight excluding hydrogens is 565 g/mol. The smallest absolute Gasteiger partial charge is 0.252 e. The summed E-state index contributed by atoms with van der Waals surface area (Å²) in [5, 5.41) is 8.26. The Bertz CT molecular complexity index is 1780. The molecule has 2 aromatic carbocycles. The number of benzene rings is 2. The van der Waals surface area contributed by atoms with E-state index in [-0.39, 0.29) is 17.3 Å². The summed E-state index contributed by atoms with van der Waals surface area (Å²) in [5.74, 6) is -0.413. The summed E-state index contributed by atoms with van der Waals surface area (Å²) in [7, 11) is 1.37. The van der Waals surface area contributed by atoms with E-state index in [0.717, 1.165) is 4.57 Å². The van der Waals surface area contributed by atoms with Gasteiger partial charge < -0.3 is 9.30 Å². The van der Waals surface area contributed by atoms with Gasteiger partial charge in [-0.15, -0.1) is 5.10 Å². The molecule has 204 valence electrons. The summed E-state index contributed by atoms with van der Waals surface area (Å²) in [4.78, 5) is 35.1. The zero-order valence-corrected chi connectivity index (χ0v) is 22.4. The Hall–Kier alpha value is -4.22. The first-order chi connectivity index (χ1) is 19.2. The van der Waals surface area contributed by atoms with Gasteiger partial charge in [0.1, 0.15) is 11.8 Å². The third kappa shape index (κ3) is 5.70. The molecular formula is C27H20Cl2F2N6O3. The van der Waals surface area contributed by atoms with Crippen LogP contribution in [0.15, 0.2) is 72.0 Å². The van der Waals surface area contributed by atoms with Gasteiger partial charge in [-0.2, -0.15) is 0 Å². The van der Waals surface area contributed by atoms with Gasteiger partial charge >= 0.3 is 0 Å². The second-order valence-electron chi connectivity index (χ2n) is 8.81. The molecule has 0 aliphatic rings. The molecule has 0 aliphatic heterocycles. The molecule has 0 N–H and O–H groups in total. The summed E-state index contributed by atoms with van der Waals surface area (Å²) in [6, 6.07) is 9.69. The summed E-state index contributed by atoms with van der Waals surface area (Å²) >= 11 is 12.2. The normalized spacial score (nSPS) is 12.2. The SMILES string of the molecule is COc1cn([C@@H](CC(F)F)C(=O)Cc2ccc3nccnc3c2)c(=O)cc1-c1cc(Cl)ccc1-n1cc(Cl)nn1. The summed E-state index contributed by atoms with van der Waals surface area (Å²) in [6.45, 7) is 0. The van der Waals surface area contributed by atoms with Crippen LogP contribution in [-0.4, -0.2) is 48.8 Å². The fourth-order valence-electron chi connectivity index (χ4n) is 4.44. The summed E-state index contributed by atoms with van der Waals surface area (Å²) in [6.07, 6.45) is 1.91. The Kier molecular flexibility index (Phi) is 7.85. The first-order valence-corrected chi connectivity index (χ1v) is 12.7. The molecule has 1 atom stereocenters.